The number of rotatable bonds is 3. The summed E-state index contributed by atoms with van der Waals surface area (Å²) < 4.78 is 2.44. The molecule has 0 spiro atoms. The lowest BCUT2D eigenvalue weighted by Gasteiger charge is -2.33. The number of aromatic nitrogens is 1. The smallest absolute Gasteiger partial charge is 0.0459 e. The van der Waals surface area contributed by atoms with Gasteiger partial charge in [0.15, 0.2) is 0 Å². The van der Waals surface area contributed by atoms with E-state index in [1.807, 2.05) is 11.9 Å². The van der Waals surface area contributed by atoms with Crippen molar-refractivity contribution in [3.63, 3.8) is 0 Å². The number of nitrogens with zero attached hydrogens (tertiary/aromatic N) is 2. The normalized spacial score (nSPS) is 18.2. The second-order valence-electron chi connectivity index (χ2n) is 5.25. The summed E-state index contributed by atoms with van der Waals surface area (Å²) in [6.07, 6.45) is 4.34. The zero-order valence-electron chi connectivity index (χ0n) is 11.6. The fourth-order valence-electron chi connectivity index (χ4n) is 2.74. The molecule has 1 aromatic carbocycles. The number of aromatic amines is 1. The van der Waals surface area contributed by atoms with Crippen LogP contribution in [0.2, 0.25) is 0 Å². The van der Waals surface area contributed by atoms with E-state index < -0.39 is 0 Å². The number of H-pyrrole nitrogens is 1. The van der Waals surface area contributed by atoms with Crippen LogP contribution in [0.4, 0.5) is 0 Å². The van der Waals surface area contributed by atoms with Crippen molar-refractivity contribution in [3.8, 4) is 0 Å². The first-order chi connectivity index (χ1) is 9.26. The molecule has 0 radical (unpaired) electrons. The fraction of sp³-hybridized carbons (Fsp3) is 0.467. The summed E-state index contributed by atoms with van der Waals surface area (Å²) in [6, 6.07) is 6.67. The van der Waals surface area contributed by atoms with Gasteiger partial charge in [-0.2, -0.15) is 0 Å². The van der Waals surface area contributed by atoms with Crippen LogP contribution in [0.3, 0.4) is 0 Å². The Morgan fingerprint density at radius 3 is 2.74 bits per heavy atom. The lowest BCUT2D eigenvalue weighted by molar-refractivity contribution is 0.190. The fourth-order valence-corrected chi connectivity index (χ4v) is 3.27. The first-order valence-corrected chi connectivity index (χ1v) is 8.02. The predicted molar refractivity (Wildman–Crippen MR) is 83.4 cm³/mol. The third-order valence-electron chi connectivity index (χ3n) is 3.91. The van der Waals surface area contributed by atoms with Crippen LogP contribution < -0.4 is 0 Å². The Bertz CT molecular complexity index is 556. The largest absolute Gasteiger partial charge is 0.361 e. The molecule has 0 bridgehead atoms. The number of aryl methyl sites for hydroxylation is 1. The molecule has 0 unspecified atom stereocenters. The molecule has 4 heteroatoms. The number of nitrogens with one attached hydrogen (secondary N) is 1. The molecule has 3 nitrogen and oxygen atoms in total. The van der Waals surface area contributed by atoms with Crippen LogP contribution in [0.5, 0.6) is 0 Å². The minimum Gasteiger partial charge on any atom is -0.361 e. The van der Waals surface area contributed by atoms with E-state index in [1.54, 1.807) is 0 Å². The molecule has 1 saturated heterocycles. The van der Waals surface area contributed by atoms with Gasteiger partial charge in [-0.15, -0.1) is 0 Å². The summed E-state index contributed by atoms with van der Waals surface area (Å²) in [5.74, 6) is 0. The van der Waals surface area contributed by atoms with Crippen molar-refractivity contribution in [2.45, 2.75) is 13.5 Å². The van der Waals surface area contributed by atoms with Gasteiger partial charge in [-0.05, 0) is 30.4 Å². The van der Waals surface area contributed by atoms with Gasteiger partial charge < -0.3 is 4.98 Å². The van der Waals surface area contributed by atoms with E-state index >= 15 is 0 Å². The van der Waals surface area contributed by atoms with Crippen LogP contribution in [0.15, 0.2) is 24.4 Å². The predicted octanol–water partition coefficient (Wildman–Crippen LogP) is 2.87. The summed E-state index contributed by atoms with van der Waals surface area (Å²) >= 11 is 1.86. The van der Waals surface area contributed by atoms with E-state index in [1.165, 1.54) is 48.2 Å². The minimum absolute atomic E-state index is 1.06. The zero-order chi connectivity index (χ0) is 13.2. The molecule has 0 atom stereocenters. The van der Waals surface area contributed by atoms with Gasteiger partial charge in [0.1, 0.15) is 0 Å². The molecule has 1 fully saturated rings. The lowest BCUT2D eigenvalue weighted by Crippen LogP contribution is -2.42. The van der Waals surface area contributed by atoms with Gasteiger partial charge in [0.25, 0.3) is 0 Å². The lowest BCUT2D eigenvalue weighted by atomic mass is 10.1. The molecule has 0 aliphatic carbocycles. The number of fused-ring (bicyclic) bond motifs is 1. The van der Waals surface area contributed by atoms with E-state index in [-0.39, 0.29) is 0 Å². The summed E-state index contributed by atoms with van der Waals surface area (Å²) in [4.78, 5) is 5.95. The third kappa shape index (κ3) is 2.81. The van der Waals surface area contributed by atoms with Crippen molar-refractivity contribution in [3.05, 3.63) is 35.5 Å². The summed E-state index contributed by atoms with van der Waals surface area (Å²) in [5.41, 5.74) is 4.00. The highest BCUT2D eigenvalue weighted by Crippen LogP contribution is 2.21. The van der Waals surface area contributed by atoms with Gasteiger partial charge in [-0.3, -0.25) is 4.90 Å². The van der Waals surface area contributed by atoms with Gasteiger partial charge >= 0.3 is 0 Å². The number of hydrogen-bond acceptors (Lipinski definition) is 3. The Kier molecular flexibility index (Phi) is 3.82. The van der Waals surface area contributed by atoms with Crippen molar-refractivity contribution in [2.24, 2.45) is 0 Å². The first kappa shape index (κ1) is 13.0. The molecule has 1 aliphatic rings. The molecule has 1 aromatic heterocycles. The molecule has 3 rings (SSSR count). The summed E-state index contributed by atoms with van der Waals surface area (Å²) in [6.45, 7) is 7.87. The number of piperazine rings is 1. The van der Waals surface area contributed by atoms with Gasteiger partial charge in [0.05, 0.1) is 0 Å². The van der Waals surface area contributed by atoms with Crippen LogP contribution >= 0.6 is 11.9 Å². The van der Waals surface area contributed by atoms with E-state index in [0.29, 0.717) is 0 Å². The SMILES string of the molecule is CSN1CCN(Cc2c[nH]c3cc(C)ccc23)CC1. The molecule has 1 N–H and O–H groups in total. The van der Waals surface area contributed by atoms with E-state index in [4.69, 9.17) is 0 Å². The number of benzene rings is 1. The van der Waals surface area contributed by atoms with E-state index in [9.17, 15) is 0 Å². The summed E-state index contributed by atoms with van der Waals surface area (Å²) in [5, 5.41) is 1.37. The van der Waals surface area contributed by atoms with Crippen molar-refractivity contribution >= 4 is 22.9 Å². The van der Waals surface area contributed by atoms with Gasteiger partial charge in [-0.25, -0.2) is 4.31 Å². The van der Waals surface area contributed by atoms with Gasteiger partial charge in [0.2, 0.25) is 0 Å². The monoisotopic (exact) mass is 275 g/mol. The maximum atomic E-state index is 3.40. The highest BCUT2D eigenvalue weighted by Gasteiger charge is 2.17. The van der Waals surface area contributed by atoms with Crippen molar-refractivity contribution < 1.29 is 0 Å². The minimum atomic E-state index is 1.06. The zero-order valence-corrected chi connectivity index (χ0v) is 12.5. The molecule has 0 saturated carbocycles. The molecular weight excluding hydrogens is 254 g/mol. The Hall–Kier alpha value is -0.970. The molecule has 19 heavy (non-hydrogen) atoms. The molecule has 2 heterocycles. The maximum Gasteiger partial charge on any atom is 0.0459 e. The molecule has 2 aromatic rings. The first-order valence-electron chi connectivity index (χ1n) is 6.84. The van der Waals surface area contributed by atoms with Gasteiger partial charge in [0, 0.05) is 49.8 Å². The Morgan fingerprint density at radius 2 is 2.00 bits per heavy atom. The highest BCUT2D eigenvalue weighted by molar-refractivity contribution is 7.96. The van der Waals surface area contributed by atoms with Crippen LogP contribution in [0, 0.1) is 6.92 Å². The second-order valence-corrected chi connectivity index (χ2v) is 6.13. The molecule has 102 valence electrons. The van der Waals surface area contributed by atoms with Crippen molar-refractivity contribution in [2.75, 3.05) is 32.4 Å². The molecular formula is C15H21N3S. The maximum absolute atomic E-state index is 3.40. The highest BCUT2D eigenvalue weighted by atomic mass is 32.2. The van der Waals surface area contributed by atoms with Crippen LogP contribution in [-0.2, 0) is 6.54 Å². The van der Waals surface area contributed by atoms with Crippen LogP contribution in [0.25, 0.3) is 10.9 Å². The van der Waals surface area contributed by atoms with Gasteiger partial charge in [-0.1, -0.05) is 24.1 Å². The second kappa shape index (κ2) is 5.57. The average molecular weight is 275 g/mol. The summed E-state index contributed by atoms with van der Waals surface area (Å²) in [7, 11) is 0. The van der Waals surface area contributed by atoms with Crippen LogP contribution in [0.1, 0.15) is 11.1 Å². The Balaban J connectivity index is 1.72. The van der Waals surface area contributed by atoms with Crippen LogP contribution in [-0.4, -0.2) is 46.6 Å². The Morgan fingerprint density at radius 1 is 1.21 bits per heavy atom. The third-order valence-corrected chi connectivity index (χ3v) is 4.79. The van der Waals surface area contributed by atoms with Crippen molar-refractivity contribution in [1.29, 1.82) is 0 Å². The van der Waals surface area contributed by atoms with E-state index in [0.717, 1.165) is 6.54 Å². The molecule has 1 aliphatic heterocycles. The topological polar surface area (TPSA) is 22.3 Å². The number of hydrogen-bond donors (Lipinski definition) is 1. The quantitative estimate of drug-likeness (QED) is 0.871. The van der Waals surface area contributed by atoms with E-state index in [2.05, 4.69) is 51.8 Å². The Labute approximate surface area is 119 Å². The standard InChI is InChI=1S/C15H21N3S/c1-12-3-4-14-13(10-16-15(14)9-12)11-17-5-7-18(19-2)8-6-17/h3-4,9-10,16H,5-8,11H2,1-2H3. The molecule has 0 amide bonds. The average Bonchev–Trinajstić information content (AvgIpc) is 2.82. The van der Waals surface area contributed by atoms with Crippen molar-refractivity contribution in [1.82, 2.24) is 14.2 Å².